The van der Waals surface area contributed by atoms with Gasteiger partial charge < -0.3 is 0 Å². The highest BCUT2D eigenvalue weighted by Gasteiger charge is 2.29. The first kappa shape index (κ1) is 15.5. The van der Waals surface area contributed by atoms with E-state index in [1.54, 1.807) is 0 Å². The van der Waals surface area contributed by atoms with Crippen LogP contribution in [0, 0.1) is 6.92 Å². The average molecular weight is 338 g/mol. The molecule has 1 aromatic heterocycles. The van der Waals surface area contributed by atoms with Gasteiger partial charge in [0.2, 0.25) is 0 Å². The zero-order valence-electron chi connectivity index (χ0n) is 15.7. The molecule has 0 amide bonds. The van der Waals surface area contributed by atoms with Crippen LogP contribution in [0.4, 0.5) is 0 Å². The molecule has 0 saturated carbocycles. The summed E-state index contributed by atoms with van der Waals surface area (Å²) in [5.74, 6) is 0. The molecule has 0 atom stereocenters. The lowest BCUT2D eigenvalue weighted by atomic mass is 9.90. The summed E-state index contributed by atoms with van der Waals surface area (Å²) < 4.78 is 0. The van der Waals surface area contributed by atoms with Crippen molar-refractivity contribution in [1.29, 1.82) is 0 Å². The molecule has 5 rings (SSSR count). The summed E-state index contributed by atoms with van der Waals surface area (Å²) >= 11 is 0. The smallest absolute Gasteiger partial charge is 0.0933 e. The van der Waals surface area contributed by atoms with Gasteiger partial charge >= 0.3 is 0 Å². The fraction of sp³-hybridized carbons (Fsp3) is 0.250. The van der Waals surface area contributed by atoms with E-state index < -0.39 is 0 Å². The molecule has 128 valence electrons. The van der Waals surface area contributed by atoms with Gasteiger partial charge in [-0.05, 0) is 34.0 Å². The van der Waals surface area contributed by atoms with Crippen molar-refractivity contribution < 1.29 is 0 Å². The predicted molar refractivity (Wildman–Crippen MR) is 109 cm³/mol. The van der Waals surface area contributed by atoms with E-state index in [1.807, 2.05) is 0 Å². The normalized spacial score (nSPS) is 13.2. The molecule has 0 N–H and O–H groups in total. The van der Waals surface area contributed by atoms with Gasteiger partial charge in [-0.25, -0.2) is 4.98 Å². The van der Waals surface area contributed by atoms with Gasteiger partial charge in [0, 0.05) is 17.4 Å². The molecule has 4 aromatic rings. The van der Waals surface area contributed by atoms with Crippen LogP contribution in [0.5, 0.6) is 0 Å². The van der Waals surface area contributed by atoms with Crippen molar-refractivity contribution in [2.24, 2.45) is 0 Å². The van der Waals surface area contributed by atoms with Gasteiger partial charge in [0.15, 0.2) is 0 Å². The van der Waals surface area contributed by atoms with Crippen molar-refractivity contribution in [3.63, 3.8) is 0 Å². The molecule has 1 heterocycles. The molecule has 0 radical (unpaired) electrons. The standard InChI is InChI=1S/C24H22N2/c1-14-23(24(2,3)4)26-22-20(25-14)13-19-17-11-6-5-9-15(17)16-10-7-8-12-18(16)21(19)22/h5-12H,13H2,1-4H3. The molecule has 0 spiro atoms. The van der Waals surface area contributed by atoms with Crippen LogP contribution >= 0.6 is 0 Å². The van der Waals surface area contributed by atoms with E-state index in [0.717, 1.165) is 29.2 Å². The zero-order valence-corrected chi connectivity index (χ0v) is 15.7. The van der Waals surface area contributed by atoms with Crippen LogP contribution in [-0.2, 0) is 11.8 Å². The molecule has 26 heavy (non-hydrogen) atoms. The maximum Gasteiger partial charge on any atom is 0.0933 e. The summed E-state index contributed by atoms with van der Waals surface area (Å²) in [5, 5.41) is 5.24. The van der Waals surface area contributed by atoms with Crippen LogP contribution in [0.1, 0.15) is 43.4 Å². The summed E-state index contributed by atoms with van der Waals surface area (Å²) in [6, 6.07) is 17.4. The Morgan fingerprint density at radius 1 is 0.769 bits per heavy atom. The predicted octanol–water partition coefficient (Wildman–Crippen LogP) is 5.96. The van der Waals surface area contributed by atoms with Crippen molar-refractivity contribution >= 4 is 21.5 Å². The molecule has 3 aromatic carbocycles. The van der Waals surface area contributed by atoms with Gasteiger partial charge in [0.25, 0.3) is 0 Å². The van der Waals surface area contributed by atoms with Crippen LogP contribution in [0.15, 0.2) is 48.5 Å². The number of hydrogen-bond acceptors (Lipinski definition) is 2. The highest BCUT2D eigenvalue weighted by molar-refractivity contribution is 6.16. The molecular weight excluding hydrogens is 316 g/mol. The second kappa shape index (κ2) is 5.14. The van der Waals surface area contributed by atoms with Crippen LogP contribution in [0.25, 0.3) is 32.8 Å². The number of aromatic nitrogens is 2. The van der Waals surface area contributed by atoms with E-state index in [0.29, 0.717) is 0 Å². The quantitative estimate of drug-likeness (QED) is 0.326. The molecule has 1 aliphatic carbocycles. The lowest BCUT2D eigenvalue weighted by Gasteiger charge is -2.21. The third-order valence-electron chi connectivity index (χ3n) is 5.47. The van der Waals surface area contributed by atoms with Crippen LogP contribution < -0.4 is 0 Å². The van der Waals surface area contributed by atoms with Crippen molar-refractivity contribution in [2.45, 2.75) is 39.5 Å². The molecule has 0 bridgehead atoms. The van der Waals surface area contributed by atoms with Crippen LogP contribution in [0.2, 0.25) is 0 Å². The Hall–Kier alpha value is -2.74. The summed E-state index contributed by atoms with van der Waals surface area (Å²) in [5.41, 5.74) is 7.00. The number of fused-ring (bicyclic) bond motifs is 8. The van der Waals surface area contributed by atoms with Gasteiger partial charge in [-0.2, -0.15) is 0 Å². The van der Waals surface area contributed by atoms with E-state index >= 15 is 0 Å². The number of hydrogen-bond donors (Lipinski definition) is 0. The first-order valence-electron chi connectivity index (χ1n) is 9.26. The molecule has 0 aliphatic heterocycles. The SMILES string of the molecule is Cc1nc2c(nc1C(C)(C)C)-c1c(c3ccccc3c3ccccc13)C2. The number of aryl methyl sites for hydroxylation is 1. The first-order valence-corrected chi connectivity index (χ1v) is 9.26. The number of nitrogens with zero attached hydrogens (tertiary/aromatic N) is 2. The summed E-state index contributed by atoms with van der Waals surface area (Å²) in [7, 11) is 0. The van der Waals surface area contributed by atoms with Crippen molar-refractivity contribution in [1.82, 2.24) is 9.97 Å². The lowest BCUT2D eigenvalue weighted by Crippen LogP contribution is -2.17. The highest BCUT2D eigenvalue weighted by atomic mass is 14.9. The van der Waals surface area contributed by atoms with Gasteiger partial charge in [0.1, 0.15) is 0 Å². The summed E-state index contributed by atoms with van der Waals surface area (Å²) in [6.45, 7) is 8.73. The summed E-state index contributed by atoms with van der Waals surface area (Å²) in [4.78, 5) is 10.1. The Morgan fingerprint density at radius 3 is 2.00 bits per heavy atom. The van der Waals surface area contributed by atoms with Gasteiger partial charge in [0.05, 0.1) is 22.8 Å². The Labute approximate surface area is 153 Å². The Balaban J connectivity index is 1.95. The Bertz CT molecular complexity index is 1200. The monoisotopic (exact) mass is 338 g/mol. The maximum atomic E-state index is 5.16. The highest BCUT2D eigenvalue weighted by Crippen LogP contribution is 2.45. The molecule has 2 nitrogen and oxygen atoms in total. The number of rotatable bonds is 0. The second-order valence-electron chi connectivity index (χ2n) is 8.32. The Morgan fingerprint density at radius 2 is 1.35 bits per heavy atom. The third kappa shape index (κ3) is 2.05. The van der Waals surface area contributed by atoms with E-state index in [4.69, 9.17) is 9.97 Å². The van der Waals surface area contributed by atoms with Crippen molar-refractivity contribution in [3.05, 3.63) is 71.2 Å². The maximum absolute atomic E-state index is 5.16. The second-order valence-corrected chi connectivity index (χ2v) is 8.32. The van der Waals surface area contributed by atoms with Gasteiger partial charge in [-0.15, -0.1) is 0 Å². The van der Waals surface area contributed by atoms with Crippen LogP contribution in [0.3, 0.4) is 0 Å². The largest absolute Gasteiger partial charge is 0.254 e. The van der Waals surface area contributed by atoms with E-state index in [1.165, 1.54) is 32.7 Å². The van der Waals surface area contributed by atoms with E-state index in [2.05, 4.69) is 76.2 Å². The molecule has 0 saturated heterocycles. The molecule has 0 unspecified atom stereocenters. The zero-order chi connectivity index (χ0) is 18.1. The van der Waals surface area contributed by atoms with Crippen molar-refractivity contribution in [3.8, 4) is 11.3 Å². The minimum Gasteiger partial charge on any atom is -0.254 e. The van der Waals surface area contributed by atoms with Crippen LogP contribution in [-0.4, -0.2) is 9.97 Å². The lowest BCUT2D eigenvalue weighted by molar-refractivity contribution is 0.559. The molecule has 2 heteroatoms. The first-order chi connectivity index (χ1) is 12.4. The minimum absolute atomic E-state index is 0.0124. The fourth-order valence-corrected chi connectivity index (χ4v) is 4.44. The fourth-order valence-electron chi connectivity index (χ4n) is 4.44. The molecule has 1 aliphatic rings. The topological polar surface area (TPSA) is 25.8 Å². The molecular formula is C24H22N2. The average Bonchev–Trinajstić information content (AvgIpc) is 2.99. The Kier molecular flexibility index (Phi) is 3.06. The minimum atomic E-state index is -0.0124. The number of benzene rings is 3. The van der Waals surface area contributed by atoms with E-state index in [-0.39, 0.29) is 5.41 Å². The van der Waals surface area contributed by atoms with Gasteiger partial charge in [-0.1, -0.05) is 69.3 Å². The third-order valence-corrected chi connectivity index (χ3v) is 5.47. The summed E-state index contributed by atoms with van der Waals surface area (Å²) in [6.07, 6.45) is 0.869. The molecule has 0 fully saturated rings. The van der Waals surface area contributed by atoms with Crippen molar-refractivity contribution in [2.75, 3.05) is 0 Å². The van der Waals surface area contributed by atoms with E-state index in [9.17, 15) is 0 Å². The van der Waals surface area contributed by atoms with Gasteiger partial charge in [-0.3, -0.25) is 4.98 Å².